The van der Waals surface area contributed by atoms with E-state index >= 15 is 0 Å². The van der Waals surface area contributed by atoms with Crippen molar-refractivity contribution in [3.8, 4) is 5.69 Å². The number of halogens is 1. The quantitative estimate of drug-likeness (QED) is 0.806. The molecule has 1 amide bonds. The summed E-state index contributed by atoms with van der Waals surface area (Å²) in [7, 11) is 0. The van der Waals surface area contributed by atoms with Gasteiger partial charge >= 0.3 is 0 Å². The number of carbonyl (C=O) groups is 1. The van der Waals surface area contributed by atoms with Gasteiger partial charge in [0, 0.05) is 0 Å². The van der Waals surface area contributed by atoms with Gasteiger partial charge in [0.15, 0.2) is 5.69 Å². The maximum atomic E-state index is 13.0. The van der Waals surface area contributed by atoms with Gasteiger partial charge in [-0.05, 0) is 48.2 Å². The zero-order chi connectivity index (χ0) is 16.5. The highest BCUT2D eigenvalue weighted by Gasteiger charge is 2.24. The molecule has 5 nitrogen and oxygen atoms in total. The van der Waals surface area contributed by atoms with Crippen molar-refractivity contribution >= 4 is 5.91 Å². The SMILES string of the molecule is O=C(NC1CCc2ccccc21)c1cn(-c2ccc(F)cc2)nn1. The first-order valence-corrected chi connectivity index (χ1v) is 7.78. The smallest absolute Gasteiger partial charge is 0.273 e. The van der Waals surface area contributed by atoms with E-state index in [-0.39, 0.29) is 23.5 Å². The maximum absolute atomic E-state index is 13.0. The number of amides is 1. The number of fused-ring (bicyclic) bond motifs is 1. The molecule has 1 heterocycles. The lowest BCUT2D eigenvalue weighted by molar-refractivity contribution is 0.0931. The van der Waals surface area contributed by atoms with Crippen LogP contribution in [0.2, 0.25) is 0 Å². The Morgan fingerprint density at radius 1 is 1.17 bits per heavy atom. The summed E-state index contributed by atoms with van der Waals surface area (Å²) in [4.78, 5) is 12.4. The van der Waals surface area contributed by atoms with E-state index in [1.165, 1.54) is 22.4 Å². The molecule has 1 aliphatic rings. The Labute approximate surface area is 138 Å². The van der Waals surface area contributed by atoms with Crippen LogP contribution in [0.25, 0.3) is 5.69 Å². The molecule has 120 valence electrons. The standard InChI is InChI=1S/C18H15FN4O/c19-13-6-8-14(9-7-13)23-11-17(21-22-23)18(24)20-16-10-5-12-3-1-2-4-15(12)16/h1-4,6-9,11,16H,5,10H2,(H,20,24). The molecule has 0 aliphatic heterocycles. The molecule has 1 aromatic heterocycles. The van der Waals surface area contributed by atoms with Crippen LogP contribution in [0, 0.1) is 5.82 Å². The second-order valence-electron chi connectivity index (χ2n) is 5.79. The minimum atomic E-state index is -0.322. The summed E-state index contributed by atoms with van der Waals surface area (Å²) in [5.74, 6) is -0.582. The fourth-order valence-corrected chi connectivity index (χ4v) is 3.03. The van der Waals surface area contributed by atoms with Crippen LogP contribution in [-0.2, 0) is 6.42 Å². The zero-order valence-corrected chi connectivity index (χ0v) is 12.8. The van der Waals surface area contributed by atoms with Crippen LogP contribution in [0.4, 0.5) is 4.39 Å². The third kappa shape index (κ3) is 2.67. The predicted molar refractivity (Wildman–Crippen MR) is 86.3 cm³/mol. The van der Waals surface area contributed by atoms with E-state index in [0.29, 0.717) is 5.69 Å². The van der Waals surface area contributed by atoms with Gasteiger partial charge in [-0.15, -0.1) is 5.10 Å². The van der Waals surface area contributed by atoms with Gasteiger partial charge in [0.1, 0.15) is 5.82 Å². The summed E-state index contributed by atoms with van der Waals surface area (Å²) in [6.45, 7) is 0. The van der Waals surface area contributed by atoms with Crippen molar-refractivity contribution in [1.29, 1.82) is 0 Å². The molecule has 6 heteroatoms. The number of hydrogen-bond acceptors (Lipinski definition) is 3. The van der Waals surface area contributed by atoms with Crippen molar-refractivity contribution in [2.75, 3.05) is 0 Å². The van der Waals surface area contributed by atoms with E-state index in [4.69, 9.17) is 0 Å². The van der Waals surface area contributed by atoms with Crippen molar-refractivity contribution in [3.63, 3.8) is 0 Å². The van der Waals surface area contributed by atoms with Crippen LogP contribution in [0.3, 0.4) is 0 Å². The van der Waals surface area contributed by atoms with E-state index in [9.17, 15) is 9.18 Å². The Kier molecular flexibility index (Phi) is 3.57. The molecule has 0 bridgehead atoms. The lowest BCUT2D eigenvalue weighted by atomic mass is 10.1. The highest BCUT2D eigenvalue weighted by Crippen LogP contribution is 2.30. The molecule has 0 fully saturated rings. The largest absolute Gasteiger partial charge is 0.344 e. The number of aromatic nitrogens is 3. The second kappa shape index (κ2) is 5.88. The van der Waals surface area contributed by atoms with Gasteiger partial charge in [0.2, 0.25) is 0 Å². The molecule has 4 rings (SSSR count). The number of carbonyl (C=O) groups excluding carboxylic acids is 1. The fraction of sp³-hybridized carbons (Fsp3) is 0.167. The summed E-state index contributed by atoms with van der Waals surface area (Å²) in [6, 6.07) is 14.0. The monoisotopic (exact) mass is 322 g/mol. The Morgan fingerprint density at radius 2 is 1.96 bits per heavy atom. The number of rotatable bonds is 3. The van der Waals surface area contributed by atoms with Crippen molar-refractivity contribution in [2.45, 2.75) is 18.9 Å². The Morgan fingerprint density at radius 3 is 2.79 bits per heavy atom. The van der Waals surface area contributed by atoms with Crippen molar-refractivity contribution in [2.24, 2.45) is 0 Å². The van der Waals surface area contributed by atoms with Gasteiger partial charge in [-0.25, -0.2) is 9.07 Å². The van der Waals surface area contributed by atoms with Gasteiger partial charge in [-0.3, -0.25) is 4.79 Å². The summed E-state index contributed by atoms with van der Waals surface area (Å²) < 4.78 is 14.4. The maximum Gasteiger partial charge on any atom is 0.273 e. The van der Waals surface area contributed by atoms with E-state index in [1.54, 1.807) is 18.3 Å². The van der Waals surface area contributed by atoms with Gasteiger partial charge in [0.05, 0.1) is 17.9 Å². The topological polar surface area (TPSA) is 59.8 Å². The number of hydrogen-bond donors (Lipinski definition) is 1. The third-order valence-electron chi connectivity index (χ3n) is 4.26. The lowest BCUT2D eigenvalue weighted by Crippen LogP contribution is -2.27. The van der Waals surface area contributed by atoms with Crippen LogP contribution in [-0.4, -0.2) is 20.9 Å². The molecule has 0 spiro atoms. The first-order valence-electron chi connectivity index (χ1n) is 7.78. The van der Waals surface area contributed by atoms with Gasteiger partial charge in [0.25, 0.3) is 5.91 Å². The molecule has 1 unspecified atom stereocenters. The Balaban J connectivity index is 1.51. The third-order valence-corrected chi connectivity index (χ3v) is 4.26. The first kappa shape index (κ1) is 14.6. The van der Waals surface area contributed by atoms with Crippen LogP contribution < -0.4 is 5.32 Å². The van der Waals surface area contributed by atoms with Gasteiger partial charge in [-0.2, -0.15) is 0 Å². The number of nitrogens with one attached hydrogen (secondary N) is 1. The summed E-state index contributed by atoms with van der Waals surface area (Å²) in [5.41, 5.74) is 3.33. The van der Waals surface area contributed by atoms with Crippen LogP contribution in [0.1, 0.15) is 34.1 Å². The summed E-state index contributed by atoms with van der Waals surface area (Å²) in [6.07, 6.45) is 3.39. The highest BCUT2D eigenvalue weighted by atomic mass is 19.1. The minimum absolute atomic E-state index is 0.00433. The molecule has 3 aromatic rings. The van der Waals surface area contributed by atoms with E-state index in [2.05, 4.69) is 21.7 Å². The van der Waals surface area contributed by atoms with Crippen LogP contribution >= 0.6 is 0 Å². The summed E-state index contributed by atoms with van der Waals surface area (Å²) in [5, 5.41) is 10.9. The Bertz CT molecular complexity index is 888. The van der Waals surface area contributed by atoms with E-state index in [0.717, 1.165) is 18.4 Å². The normalized spacial score (nSPS) is 16.0. The van der Waals surface area contributed by atoms with Crippen LogP contribution in [0.15, 0.2) is 54.7 Å². The summed E-state index contributed by atoms with van der Waals surface area (Å²) >= 11 is 0. The first-order chi connectivity index (χ1) is 11.7. The van der Waals surface area contributed by atoms with Gasteiger partial charge < -0.3 is 5.32 Å². The van der Waals surface area contributed by atoms with Crippen molar-refractivity contribution < 1.29 is 9.18 Å². The molecule has 0 saturated heterocycles. The van der Waals surface area contributed by atoms with Crippen LogP contribution in [0.5, 0.6) is 0 Å². The number of nitrogens with zero attached hydrogens (tertiary/aromatic N) is 3. The predicted octanol–water partition coefficient (Wildman–Crippen LogP) is 2.82. The second-order valence-corrected chi connectivity index (χ2v) is 5.79. The average molecular weight is 322 g/mol. The molecule has 24 heavy (non-hydrogen) atoms. The van der Waals surface area contributed by atoms with Crippen molar-refractivity contribution in [3.05, 3.63) is 77.4 Å². The van der Waals surface area contributed by atoms with E-state index < -0.39 is 0 Å². The average Bonchev–Trinajstić information content (AvgIpc) is 3.23. The zero-order valence-electron chi connectivity index (χ0n) is 12.8. The molecule has 1 N–H and O–H groups in total. The molecule has 2 aromatic carbocycles. The van der Waals surface area contributed by atoms with Crippen molar-refractivity contribution in [1.82, 2.24) is 20.3 Å². The van der Waals surface area contributed by atoms with E-state index in [1.807, 2.05) is 18.2 Å². The van der Waals surface area contributed by atoms with Gasteiger partial charge in [-0.1, -0.05) is 29.5 Å². The lowest BCUT2D eigenvalue weighted by Gasteiger charge is -2.12. The molecular formula is C18H15FN4O. The fourth-order valence-electron chi connectivity index (χ4n) is 3.03. The Hall–Kier alpha value is -3.02. The minimum Gasteiger partial charge on any atom is -0.344 e. The highest BCUT2D eigenvalue weighted by molar-refractivity contribution is 5.92. The number of benzene rings is 2. The molecule has 1 atom stereocenters. The molecule has 1 aliphatic carbocycles. The molecular weight excluding hydrogens is 307 g/mol. The number of aryl methyl sites for hydroxylation is 1. The molecule has 0 radical (unpaired) electrons. The molecule has 0 saturated carbocycles.